The van der Waals surface area contributed by atoms with Crippen LogP contribution in [0.4, 0.5) is 0 Å². The number of aryl methyl sites for hydroxylation is 2. The van der Waals surface area contributed by atoms with Crippen molar-refractivity contribution in [2.75, 3.05) is 0 Å². The molecule has 27 heavy (non-hydrogen) atoms. The zero-order chi connectivity index (χ0) is 20.4. The Kier molecular flexibility index (Phi) is 6.13. The first-order valence-corrected chi connectivity index (χ1v) is 13.3. The van der Waals surface area contributed by atoms with Gasteiger partial charge in [0.25, 0.3) is 5.91 Å². The molecule has 0 bridgehead atoms. The summed E-state index contributed by atoms with van der Waals surface area (Å²) in [6, 6.07) is 7.55. The molecular formula is C22H27NO2SSi. The van der Waals surface area contributed by atoms with Gasteiger partial charge < -0.3 is 5.32 Å². The summed E-state index contributed by atoms with van der Waals surface area (Å²) in [7, 11) is -1.45. The Morgan fingerprint density at radius 3 is 2.26 bits per heavy atom. The third-order valence-corrected chi connectivity index (χ3v) is 6.01. The number of benzene rings is 1. The van der Waals surface area contributed by atoms with Crippen LogP contribution >= 0.6 is 11.3 Å². The zero-order valence-electron chi connectivity index (χ0n) is 17.1. The highest BCUT2D eigenvalue weighted by Gasteiger charge is 2.32. The molecule has 1 aromatic carbocycles. The molecule has 0 fully saturated rings. The summed E-state index contributed by atoms with van der Waals surface area (Å²) >= 11 is 1.38. The van der Waals surface area contributed by atoms with E-state index < -0.39 is 13.6 Å². The summed E-state index contributed by atoms with van der Waals surface area (Å²) in [5.74, 6) is 2.90. The second-order valence-electron chi connectivity index (χ2n) is 8.37. The van der Waals surface area contributed by atoms with Crippen molar-refractivity contribution >= 4 is 31.1 Å². The maximum absolute atomic E-state index is 13.1. The number of carbonyl (C=O) groups is 2. The van der Waals surface area contributed by atoms with Gasteiger partial charge >= 0.3 is 0 Å². The van der Waals surface area contributed by atoms with E-state index in [1.165, 1.54) is 11.3 Å². The van der Waals surface area contributed by atoms with Crippen molar-refractivity contribution in [1.82, 2.24) is 5.32 Å². The van der Waals surface area contributed by atoms with Gasteiger partial charge in [-0.15, -0.1) is 16.9 Å². The van der Waals surface area contributed by atoms with Crippen molar-refractivity contribution in [2.24, 2.45) is 0 Å². The van der Waals surface area contributed by atoms with E-state index in [4.69, 9.17) is 0 Å². The lowest BCUT2D eigenvalue weighted by molar-refractivity contribution is 0.0799. The van der Waals surface area contributed by atoms with Crippen LogP contribution in [0.3, 0.4) is 0 Å². The van der Waals surface area contributed by atoms with Crippen LogP contribution in [-0.2, 0) is 0 Å². The SMILES string of the molecule is Cc1cc(C#C[Si](C)(C)C)ccc1C(=O)C(C)(C)NC(=O)c1sccc1C. The third-order valence-electron chi connectivity index (χ3n) is 4.11. The first kappa shape index (κ1) is 21.1. The second kappa shape index (κ2) is 7.83. The fraction of sp³-hybridized carbons (Fsp3) is 0.364. The highest BCUT2D eigenvalue weighted by Crippen LogP contribution is 2.21. The number of amides is 1. The highest BCUT2D eigenvalue weighted by atomic mass is 32.1. The summed E-state index contributed by atoms with van der Waals surface area (Å²) in [5.41, 5.74) is 5.67. The van der Waals surface area contributed by atoms with Gasteiger partial charge in [-0.1, -0.05) is 25.6 Å². The van der Waals surface area contributed by atoms with Gasteiger partial charge in [-0.3, -0.25) is 9.59 Å². The maximum Gasteiger partial charge on any atom is 0.262 e. The Morgan fingerprint density at radius 1 is 1.07 bits per heavy atom. The summed E-state index contributed by atoms with van der Waals surface area (Å²) < 4.78 is 0. The minimum atomic E-state index is -1.45. The molecule has 2 aromatic rings. The molecule has 1 aromatic heterocycles. The van der Waals surface area contributed by atoms with Crippen molar-refractivity contribution < 1.29 is 9.59 Å². The molecule has 0 aliphatic carbocycles. The van der Waals surface area contributed by atoms with E-state index in [1.807, 2.05) is 43.5 Å². The molecule has 0 spiro atoms. The molecule has 0 atom stereocenters. The molecule has 0 unspecified atom stereocenters. The van der Waals surface area contributed by atoms with E-state index in [2.05, 4.69) is 36.4 Å². The lowest BCUT2D eigenvalue weighted by atomic mass is 9.89. The van der Waals surface area contributed by atoms with Gasteiger partial charge in [0.2, 0.25) is 0 Å². The van der Waals surface area contributed by atoms with Gasteiger partial charge in [-0.2, -0.15) is 0 Å². The standard InChI is InChI=1S/C22H27NO2SSi/c1-15-10-12-26-19(15)21(25)23-22(3,4)20(24)18-9-8-17(14-16(18)2)11-13-27(5,6)7/h8-10,12,14H,1-7H3,(H,23,25). The maximum atomic E-state index is 13.1. The molecule has 142 valence electrons. The normalized spacial score (nSPS) is 11.5. The molecule has 0 radical (unpaired) electrons. The molecule has 0 saturated heterocycles. The Hall–Kier alpha value is -2.16. The average Bonchev–Trinajstić information content (AvgIpc) is 2.97. The van der Waals surface area contributed by atoms with E-state index in [0.29, 0.717) is 10.4 Å². The molecule has 1 amide bonds. The van der Waals surface area contributed by atoms with E-state index in [9.17, 15) is 9.59 Å². The number of hydrogen-bond acceptors (Lipinski definition) is 3. The van der Waals surface area contributed by atoms with Crippen molar-refractivity contribution in [2.45, 2.75) is 52.9 Å². The minimum absolute atomic E-state index is 0.104. The average molecular weight is 398 g/mol. The largest absolute Gasteiger partial charge is 0.339 e. The lowest BCUT2D eigenvalue weighted by Gasteiger charge is -2.25. The molecule has 1 N–H and O–H groups in total. The molecular weight excluding hydrogens is 370 g/mol. The van der Waals surface area contributed by atoms with Crippen molar-refractivity contribution in [3.05, 3.63) is 56.8 Å². The predicted octanol–water partition coefficient (Wildman–Crippen LogP) is 4.99. The van der Waals surface area contributed by atoms with Crippen LogP contribution in [0.5, 0.6) is 0 Å². The smallest absolute Gasteiger partial charge is 0.262 e. The van der Waals surface area contributed by atoms with E-state index in [1.54, 1.807) is 13.8 Å². The quantitative estimate of drug-likeness (QED) is 0.449. The number of nitrogens with one attached hydrogen (secondary N) is 1. The molecule has 5 heteroatoms. The Bertz CT molecular complexity index is 939. The number of rotatable bonds is 4. The van der Waals surface area contributed by atoms with Gasteiger partial charge in [0, 0.05) is 11.1 Å². The summed E-state index contributed by atoms with van der Waals surface area (Å²) in [6.07, 6.45) is 0. The molecule has 1 heterocycles. The van der Waals surface area contributed by atoms with Crippen molar-refractivity contribution in [3.63, 3.8) is 0 Å². The van der Waals surface area contributed by atoms with Crippen LogP contribution in [-0.4, -0.2) is 25.3 Å². The third kappa shape index (κ3) is 5.41. The minimum Gasteiger partial charge on any atom is -0.339 e. The van der Waals surface area contributed by atoms with Crippen LogP contribution in [0.15, 0.2) is 29.6 Å². The Morgan fingerprint density at radius 2 is 1.74 bits per heavy atom. The summed E-state index contributed by atoms with van der Waals surface area (Å²) in [5, 5.41) is 4.76. The lowest BCUT2D eigenvalue weighted by Crippen LogP contribution is -2.49. The molecule has 2 rings (SSSR count). The van der Waals surface area contributed by atoms with Crippen molar-refractivity contribution in [1.29, 1.82) is 0 Å². The zero-order valence-corrected chi connectivity index (χ0v) is 18.9. The van der Waals surface area contributed by atoms with Gasteiger partial charge in [0.05, 0.1) is 10.4 Å². The first-order chi connectivity index (χ1) is 12.4. The first-order valence-electron chi connectivity index (χ1n) is 8.96. The number of thiophene rings is 1. The van der Waals surface area contributed by atoms with Gasteiger partial charge in [0.1, 0.15) is 8.07 Å². The number of carbonyl (C=O) groups excluding carboxylic acids is 2. The van der Waals surface area contributed by atoms with E-state index in [0.717, 1.165) is 16.7 Å². The number of ketones is 1. The van der Waals surface area contributed by atoms with E-state index >= 15 is 0 Å². The van der Waals surface area contributed by atoms with Crippen LogP contribution in [0.2, 0.25) is 19.6 Å². The summed E-state index contributed by atoms with van der Waals surface area (Å²) in [4.78, 5) is 26.2. The van der Waals surface area contributed by atoms with Gasteiger partial charge in [-0.25, -0.2) is 0 Å². The second-order valence-corrected chi connectivity index (χ2v) is 14.0. The van der Waals surface area contributed by atoms with Crippen LogP contribution in [0.1, 0.15) is 50.6 Å². The topological polar surface area (TPSA) is 46.2 Å². The fourth-order valence-corrected chi connectivity index (χ4v) is 3.93. The predicted molar refractivity (Wildman–Crippen MR) is 116 cm³/mol. The Balaban J connectivity index is 2.23. The molecule has 0 aliphatic rings. The molecule has 0 aliphatic heterocycles. The van der Waals surface area contributed by atoms with Crippen molar-refractivity contribution in [3.8, 4) is 11.5 Å². The van der Waals surface area contributed by atoms with Gasteiger partial charge in [0.15, 0.2) is 5.78 Å². The number of hydrogen-bond donors (Lipinski definition) is 1. The van der Waals surface area contributed by atoms with Gasteiger partial charge in [-0.05, 0) is 68.5 Å². The monoisotopic (exact) mass is 397 g/mol. The highest BCUT2D eigenvalue weighted by molar-refractivity contribution is 7.12. The van der Waals surface area contributed by atoms with Crippen LogP contribution < -0.4 is 5.32 Å². The summed E-state index contributed by atoms with van der Waals surface area (Å²) in [6.45, 7) is 13.9. The van der Waals surface area contributed by atoms with Crippen LogP contribution in [0.25, 0.3) is 0 Å². The van der Waals surface area contributed by atoms with Crippen LogP contribution in [0, 0.1) is 25.3 Å². The van der Waals surface area contributed by atoms with E-state index in [-0.39, 0.29) is 11.7 Å². The molecule has 0 saturated carbocycles. The fourth-order valence-electron chi connectivity index (χ4n) is 2.60. The molecule has 3 nitrogen and oxygen atoms in total. The Labute approximate surface area is 167 Å². The number of Topliss-reactive ketones (excluding diaryl/α,β-unsaturated/α-hetero) is 1.